The molecule has 0 aromatic rings. The van der Waals surface area contributed by atoms with Gasteiger partial charge in [-0.3, -0.25) is 9.63 Å². The van der Waals surface area contributed by atoms with Crippen molar-refractivity contribution in [2.45, 2.75) is 12.8 Å². The average Bonchev–Trinajstić information content (AvgIpc) is 2.37. The number of carbonyl (C=O) groups excluding carboxylic acids is 1. The second-order valence-corrected chi connectivity index (χ2v) is 2.30. The average molecular weight is 160 g/mol. The molecule has 1 saturated heterocycles. The van der Waals surface area contributed by atoms with Gasteiger partial charge < -0.3 is 4.84 Å². The Bertz CT molecular complexity index is 140. The number of hydrogen-bond acceptors (Lipinski definition) is 4. The summed E-state index contributed by atoms with van der Waals surface area (Å²) in [4.78, 5) is 20.2. The van der Waals surface area contributed by atoms with E-state index in [0.29, 0.717) is 26.2 Å². The minimum absolute atomic E-state index is 0.0435. The van der Waals surface area contributed by atoms with Gasteiger partial charge in [-0.1, -0.05) is 0 Å². The molecule has 0 radical (unpaired) electrons. The Kier molecular flexibility index (Phi) is 3.28. The Morgan fingerprint density at radius 2 is 2.36 bits per heavy atom. The molecular weight excluding hydrogens is 148 g/mol. The van der Waals surface area contributed by atoms with Gasteiger partial charge in [0.05, 0.1) is 6.61 Å². The van der Waals surface area contributed by atoms with Crippen molar-refractivity contribution in [2.75, 3.05) is 19.8 Å². The zero-order valence-corrected chi connectivity index (χ0v) is 6.28. The number of hydroxylamine groups is 2. The number of rotatable bonds is 4. The van der Waals surface area contributed by atoms with E-state index in [1.54, 1.807) is 0 Å². The fourth-order valence-corrected chi connectivity index (χ4v) is 0.955. The highest BCUT2D eigenvalue weighted by atomic mass is 16.7. The van der Waals surface area contributed by atoms with Crippen molar-refractivity contribution in [3.05, 3.63) is 0 Å². The molecular formula is C6H12N2O3. The van der Waals surface area contributed by atoms with E-state index in [-0.39, 0.29) is 5.91 Å². The lowest BCUT2D eigenvalue weighted by atomic mass is 10.4. The van der Waals surface area contributed by atoms with E-state index in [9.17, 15) is 4.79 Å². The molecule has 0 aliphatic carbocycles. The third-order valence-electron chi connectivity index (χ3n) is 1.48. The molecule has 0 bridgehead atoms. The number of hydrogen-bond donors (Lipinski definition) is 1. The number of amides is 1. The van der Waals surface area contributed by atoms with Crippen molar-refractivity contribution in [2.24, 2.45) is 5.90 Å². The Morgan fingerprint density at radius 3 is 2.91 bits per heavy atom. The van der Waals surface area contributed by atoms with Crippen LogP contribution in [0.15, 0.2) is 0 Å². The molecule has 0 atom stereocenters. The van der Waals surface area contributed by atoms with Crippen molar-refractivity contribution in [3.63, 3.8) is 0 Å². The van der Waals surface area contributed by atoms with E-state index in [2.05, 4.69) is 4.84 Å². The van der Waals surface area contributed by atoms with Crippen molar-refractivity contribution < 1.29 is 14.5 Å². The van der Waals surface area contributed by atoms with Gasteiger partial charge in [0.2, 0.25) is 5.91 Å². The number of carbonyl (C=O) groups is 1. The normalized spacial score (nSPS) is 17.9. The van der Waals surface area contributed by atoms with E-state index >= 15 is 0 Å². The van der Waals surface area contributed by atoms with Gasteiger partial charge in [-0.15, -0.1) is 0 Å². The maximum atomic E-state index is 10.9. The first-order valence-corrected chi connectivity index (χ1v) is 3.59. The summed E-state index contributed by atoms with van der Waals surface area (Å²) in [5.41, 5.74) is 0. The Morgan fingerprint density at radius 1 is 1.55 bits per heavy atom. The Hall–Kier alpha value is -0.650. The van der Waals surface area contributed by atoms with Crippen LogP contribution in [-0.2, 0) is 14.5 Å². The summed E-state index contributed by atoms with van der Waals surface area (Å²) in [5, 5.41) is 1.36. The summed E-state index contributed by atoms with van der Waals surface area (Å²) < 4.78 is 0. The van der Waals surface area contributed by atoms with Crippen LogP contribution < -0.4 is 5.90 Å². The fraction of sp³-hybridized carbons (Fsp3) is 0.833. The van der Waals surface area contributed by atoms with E-state index in [0.717, 1.165) is 6.42 Å². The summed E-state index contributed by atoms with van der Waals surface area (Å²) in [5.74, 6) is 4.81. The predicted molar refractivity (Wildman–Crippen MR) is 37.0 cm³/mol. The van der Waals surface area contributed by atoms with Crippen LogP contribution in [-0.4, -0.2) is 30.7 Å². The molecule has 1 heterocycles. The van der Waals surface area contributed by atoms with Crippen LogP contribution in [0.4, 0.5) is 0 Å². The van der Waals surface area contributed by atoms with Crippen LogP contribution in [0.5, 0.6) is 0 Å². The van der Waals surface area contributed by atoms with E-state index in [4.69, 9.17) is 10.7 Å². The second kappa shape index (κ2) is 4.27. The van der Waals surface area contributed by atoms with Gasteiger partial charge in [-0.2, -0.15) is 0 Å². The lowest BCUT2D eigenvalue weighted by Crippen LogP contribution is -2.27. The van der Waals surface area contributed by atoms with Gasteiger partial charge in [0, 0.05) is 13.0 Å². The van der Waals surface area contributed by atoms with Crippen LogP contribution >= 0.6 is 0 Å². The van der Waals surface area contributed by atoms with E-state index in [1.165, 1.54) is 5.06 Å². The summed E-state index contributed by atoms with van der Waals surface area (Å²) in [6.07, 6.45) is 1.46. The van der Waals surface area contributed by atoms with Crippen LogP contribution in [0.2, 0.25) is 0 Å². The third kappa shape index (κ3) is 2.45. The molecule has 2 N–H and O–H groups in total. The fourth-order valence-electron chi connectivity index (χ4n) is 0.955. The minimum atomic E-state index is 0.0435. The monoisotopic (exact) mass is 160 g/mol. The molecule has 0 spiro atoms. The number of nitrogens with two attached hydrogens (primary N) is 1. The molecule has 64 valence electrons. The molecule has 5 heteroatoms. The van der Waals surface area contributed by atoms with E-state index < -0.39 is 0 Å². The first kappa shape index (κ1) is 8.45. The van der Waals surface area contributed by atoms with Gasteiger partial charge >= 0.3 is 0 Å². The first-order chi connectivity index (χ1) is 5.34. The molecule has 0 aromatic heterocycles. The lowest BCUT2D eigenvalue weighted by molar-refractivity contribution is -0.182. The summed E-state index contributed by atoms with van der Waals surface area (Å²) in [6, 6.07) is 0. The van der Waals surface area contributed by atoms with E-state index in [1.807, 2.05) is 0 Å². The summed E-state index contributed by atoms with van der Waals surface area (Å²) in [7, 11) is 0. The van der Waals surface area contributed by atoms with Crippen LogP contribution in [0.25, 0.3) is 0 Å². The topological polar surface area (TPSA) is 64.8 Å². The number of nitrogens with zero attached hydrogens (tertiary/aromatic N) is 1. The van der Waals surface area contributed by atoms with Crippen molar-refractivity contribution >= 4 is 5.91 Å². The van der Waals surface area contributed by atoms with Gasteiger partial charge in [0.1, 0.15) is 6.61 Å². The maximum absolute atomic E-state index is 10.9. The first-order valence-electron chi connectivity index (χ1n) is 3.59. The molecule has 1 fully saturated rings. The molecule has 0 unspecified atom stereocenters. The summed E-state index contributed by atoms with van der Waals surface area (Å²) in [6.45, 7) is 1.33. The standard InChI is InChI=1S/C6H12N2O3/c7-10-4-5-11-8-3-1-2-6(8)9/h1-5,7H2. The zero-order valence-electron chi connectivity index (χ0n) is 6.28. The molecule has 1 amide bonds. The van der Waals surface area contributed by atoms with Gasteiger partial charge in [0.25, 0.3) is 0 Å². The SMILES string of the molecule is NOCCON1CCCC1=O. The molecule has 11 heavy (non-hydrogen) atoms. The summed E-state index contributed by atoms with van der Waals surface area (Å²) >= 11 is 0. The Balaban J connectivity index is 2.10. The van der Waals surface area contributed by atoms with Gasteiger partial charge in [-0.25, -0.2) is 11.0 Å². The van der Waals surface area contributed by atoms with Gasteiger partial charge in [0.15, 0.2) is 0 Å². The molecule has 1 aliphatic rings. The van der Waals surface area contributed by atoms with Crippen molar-refractivity contribution in [1.29, 1.82) is 0 Å². The van der Waals surface area contributed by atoms with Crippen molar-refractivity contribution in [1.82, 2.24) is 5.06 Å². The third-order valence-corrected chi connectivity index (χ3v) is 1.48. The predicted octanol–water partition coefficient (Wildman–Crippen LogP) is -0.569. The van der Waals surface area contributed by atoms with Crippen LogP contribution in [0.1, 0.15) is 12.8 Å². The zero-order chi connectivity index (χ0) is 8.10. The molecule has 5 nitrogen and oxygen atoms in total. The molecule has 1 rings (SSSR count). The van der Waals surface area contributed by atoms with Crippen LogP contribution in [0.3, 0.4) is 0 Å². The smallest absolute Gasteiger partial charge is 0.246 e. The Labute approximate surface area is 65.0 Å². The lowest BCUT2D eigenvalue weighted by Gasteiger charge is -2.13. The molecule has 0 aromatic carbocycles. The highest BCUT2D eigenvalue weighted by Crippen LogP contribution is 2.08. The van der Waals surface area contributed by atoms with Crippen LogP contribution in [0, 0.1) is 0 Å². The largest absolute Gasteiger partial charge is 0.302 e. The highest BCUT2D eigenvalue weighted by Gasteiger charge is 2.20. The van der Waals surface area contributed by atoms with Gasteiger partial charge in [-0.05, 0) is 6.42 Å². The maximum Gasteiger partial charge on any atom is 0.246 e. The highest BCUT2D eigenvalue weighted by molar-refractivity contribution is 5.76. The molecule has 0 saturated carbocycles. The minimum Gasteiger partial charge on any atom is -0.302 e. The second-order valence-electron chi connectivity index (χ2n) is 2.30. The van der Waals surface area contributed by atoms with Crippen molar-refractivity contribution in [3.8, 4) is 0 Å². The molecule has 1 aliphatic heterocycles. The quantitative estimate of drug-likeness (QED) is 0.442.